The molecule has 0 bridgehead atoms. The number of allylic oxidation sites excluding steroid dienone is 1. The molecule has 1 rings (SSSR count). The number of halogens is 1. The van der Waals surface area contributed by atoms with Gasteiger partial charge in [0.25, 0.3) is 0 Å². The van der Waals surface area contributed by atoms with E-state index in [1.807, 2.05) is 36.4 Å². The molecule has 0 heterocycles. The van der Waals surface area contributed by atoms with E-state index >= 15 is 0 Å². The van der Waals surface area contributed by atoms with Crippen LogP contribution >= 0.6 is 15.9 Å². The lowest BCUT2D eigenvalue weighted by Gasteiger charge is -1.92. The van der Waals surface area contributed by atoms with Crippen molar-refractivity contribution >= 4 is 28.2 Å². The highest BCUT2D eigenvalue weighted by Gasteiger charge is 1.87. The van der Waals surface area contributed by atoms with Gasteiger partial charge in [0.15, 0.2) is 0 Å². The third-order valence-corrected chi connectivity index (χ3v) is 1.85. The van der Waals surface area contributed by atoms with Crippen LogP contribution in [-0.4, -0.2) is 13.3 Å². The first-order chi connectivity index (χ1) is 6.33. The fourth-order valence-electron chi connectivity index (χ4n) is 0.872. The van der Waals surface area contributed by atoms with Crippen molar-refractivity contribution in [3.05, 3.63) is 40.4 Å². The Hall–Kier alpha value is -1.09. The van der Waals surface area contributed by atoms with Gasteiger partial charge in [-0.25, -0.2) is 0 Å². The number of nitrogens with one attached hydrogen (secondary N) is 1. The van der Waals surface area contributed by atoms with Crippen LogP contribution < -0.4 is 5.43 Å². The van der Waals surface area contributed by atoms with Crippen LogP contribution in [0.2, 0.25) is 0 Å². The van der Waals surface area contributed by atoms with Crippen LogP contribution in [0.5, 0.6) is 0 Å². The SMILES string of the molecule is CN/N=C/C(Br)=C/c1ccccc1. The summed E-state index contributed by atoms with van der Waals surface area (Å²) in [5, 5.41) is 3.88. The van der Waals surface area contributed by atoms with Gasteiger partial charge in [0, 0.05) is 11.5 Å². The number of rotatable bonds is 3. The van der Waals surface area contributed by atoms with Crippen molar-refractivity contribution < 1.29 is 0 Å². The van der Waals surface area contributed by atoms with Crippen LogP contribution in [0, 0.1) is 0 Å². The normalized spacial score (nSPS) is 12.0. The molecular formula is C10H11BrN2. The minimum Gasteiger partial charge on any atom is -0.313 e. The zero-order valence-electron chi connectivity index (χ0n) is 7.37. The van der Waals surface area contributed by atoms with Crippen molar-refractivity contribution in [2.24, 2.45) is 5.10 Å². The van der Waals surface area contributed by atoms with Crippen LogP contribution in [0.25, 0.3) is 6.08 Å². The summed E-state index contributed by atoms with van der Waals surface area (Å²) in [7, 11) is 1.76. The second kappa shape index (κ2) is 5.54. The molecule has 0 aliphatic heterocycles. The van der Waals surface area contributed by atoms with E-state index < -0.39 is 0 Å². The summed E-state index contributed by atoms with van der Waals surface area (Å²) in [5.41, 5.74) is 3.83. The first-order valence-corrected chi connectivity index (χ1v) is 4.74. The minimum atomic E-state index is 0.938. The summed E-state index contributed by atoms with van der Waals surface area (Å²) in [6.45, 7) is 0. The zero-order chi connectivity index (χ0) is 9.52. The molecule has 0 amide bonds. The Kier molecular flexibility index (Phi) is 4.26. The van der Waals surface area contributed by atoms with E-state index in [-0.39, 0.29) is 0 Å². The summed E-state index contributed by atoms with van der Waals surface area (Å²) >= 11 is 3.39. The Morgan fingerprint density at radius 3 is 2.69 bits per heavy atom. The third-order valence-electron chi connectivity index (χ3n) is 1.42. The van der Waals surface area contributed by atoms with E-state index in [1.165, 1.54) is 0 Å². The van der Waals surface area contributed by atoms with Gasteiger partial charge in [0.1, 0.15) is 0 Å². The second-order valence-corrected chi connectivity index (χ2v) is 3.34. The van der Waals surface area contributed by atoms with E-state index in [0.717, 1.165) is 10.0 Å². The lowest BCUT2D eigenvalue weighted by Crippen LogP contribution is -1.93. The van der Waals surface area contributed by atoms with E-state index in [2.05, 4.69) is 26.5 Å². The van der Waals surface area contributed by atoms with Crippen molar-refractivity contribution in [1.29, 1.82) is 0 Å². The molecule has 0 aliphatic rings. The lowest BCUT2D eigenvalue weighted by atomic mass is 10.2. The summed E-state index contributed by atoms with van der Waals surface area (Å²) in [6.07, 6.45) is 3.72. The first-order valence-electron chi connectivity index (χ1n) is 3.95. The molecular weight excluding hydrogens is 228 g/mol. The predicted octanol–water partition coefficient (Wildman–Crippen LogP) is 2.63. The van der Waals surface area contributed by atoms with Gasteiger partial charge in [0.05, 0.1) is 6.21 Å². The molecule has 68 valence electrons. The van der Waals surface area contributed by atoms with Crippen LogP contribution in [-0.2, 0) is 0 Å². The number of hydrazone groups is 1. The van der Waals surface area contributed by atoms with Gasteiger partial charge in [0.2, 0.25) is 0 Å². The highest BCUT2D eigenvalue weighted by Crippen LogP contribution is 2.09. The molecule has 0 aromatic heterocycles. The van der Waals surface area contributed by atoms with Gasteiger partial charge in [-0.05, 0) is 27.6 Å². The van der Waals surface area contributed by atoms with Crippen LogP contribution in [0.15, 0.2) is 39.9 Å². The topological polar surface area (TPSA) is 24.4 Å². The Morgan fingerprint density at radius 2 is 2.08 bits per heavy atom. The molecule has 1 aromatic rings. The molecule has 1 N–H and O–H groups in total. The Labute approximate surface area is 86.5 Å². The number of nitrogens with zero attached hydrogens (tertiary/aromatic N) is 1. The van der Waals surface area contributed by atoms with Gasteiger partial charge in [-0.3, -0.25) is 0 Å². The van der Waals surface area contributed by atoms with Gasteiger partial charge in [-0.2, -0.15) is 5.10 Å². The van der Waals surface area contributed by atoms with Gasteiger partial charge < -0.3 is 5.43 Å². The first kappa shape index (κ1) is 9.99. The zero-order valence-corrected chi connectivity index (χ0v) is 8.95. The van der Waals surface area contributed by atoms with Crippen molar-refractivity contribution in [3.63, 3.8) is 0 Å². The predicted molar refractivity (Wildman–Crippen MR) is 60.9 cm³/mol. The van der Waals surface area contributed by atoms with Crippen molar-refractivity contribution in [3.8, 4) is 0 Å². The standard InChI is InChI=1S/C10H11BrN2/c1-12-13-8-10(11)7-9-5-3-2-4-6-9/h2-8,12H,1H3/b10-7-,13-8+. The smallest absolute Gasteiger partial charge is 0.0610 e. The average molecular weight is 239 g/mol. The summed E-state index contributed by atoms with van der Waals surface area (Å²) in [4.78, 5) is 0. The molecule has 1 aromatic carbocycles. The maximum atomic E-state index is 3.88. The Balaban J connectivity index is 2.71. The molecule has 13 heavy (non-hydrogen) atoms. The second-order valence-electron chi connectivity index (χ2n) is 2.42. The molecule has 0 atom stereocenters. The van der Waals surface area contributed by atoms with E-state index in [9.17, 15) is 0 Å². The maximum absolute atomic E-state index is 3.88. The molecule has 0 unspecified atom stereocenters. The molecule has 3 heteroatoms. The fraction of sp³-hybridized carbons (Fsp3) is 0.100. The largest absolute Gasteiger partial charge is 0.313 e. The molecule has 0 saturated carbocycles. The lowest BCUT2D eigenvalue weighted by molar-refractivity contribution is 0.909. The number of benzene rings is 1. The van der Waals surface area contributed by atoms with Crippen LogP contribution in [0.4, 0.5) is 0 Å². The van der Waals surface area contributed by atoms with Crippen molar-refractivity contribution in [2.45, 2.75) is 0 Å². The average Bonchev–Trinajstić information content (AvgIpc) is 2.16. The number of hydrogen-bond acceptors (Lipinski definition) is 2. The highest BCUT2D eigenvalue weighted by molar-refractivity contribution is 9.12. The summed E-state index contributed by atoms with van der Waals surface area (Å²) < 4.78 is 0.938. The van der Waals surface area contributed by atoms with Gasteiger partial charge >= 0.3 is 0 Å². The summed E-state index contributed by atoms with van der Waals surface area (Å²) in [5.74, 6) is 0. The third kappa shape index (κ3) is 3.90. The minimum absolute atomic E-state index is 0.938. The quantitative estimate of drug-likeness (QED) is 0.636. The van der Waals surface area contributed by atoms with Crippen LogP contribution in [0.1, 0.15) is 5.56 Å². The fourth-order valence-corrected chi connectivity index (χ4v) is 1.24. The van der Waals surface area contributed by atoms with E-state index in [4.69, 9.17) is 0 Å². The molecule has 0 spiro atoms. The van der Waals surface area contributed by atoms with Crippen LogP contribution in [0.3, 0.4) is 0 Å². The summed E-state index contributed by atoms with van der Waals surface area (Å²) in [6, 6.07) is 10.1. The highest BCUT2D eigenvalue weighted by atomic mass is 79.9. The van der Waals surface area contributed by atoms with Crippen molar-refractivity contribution in [2.75, 3.05) is 7.05 Å². The van der Waals surface area contributed by atoms with Gasteiger partial charge in [-0.1, -0.05) is 30.3 Å². The van der Waals surface area contributed by atoms with E-state index in [0.29, 0.717) is 0 Å². The number of hydrogen-bond donors (Lipinski definition) is 1. The molecule has 0 radical (unpaired) electrons. The molecule has 0 saturated heterocycles. The molecule has 0 aliphatic carbocycles. The monoisotopic (exact) mass is 238 g/mol. The van der Waals surface area contributed by atoms with Gasteiger partial charge in [-0.15, -0.1) is 0 Å². The van der Waals surface area contributed by atoms with Crippen molar-refractivity contribution in [1.82, 2.24) is 5.43 Å². The molecule has 0 fully saturated rings. The maximum Gasteiger partial charge on any atom is 0.0610 e. The Morgan fingerprint density at radius 1 is 1.38 bits per heavy atom. The van der Waals surface area contributed by atoms with E-state index in [1.54, 1.807) is 13.3 Å². The Bertz CT molecular complexity index is 304. The molecule has 2 nitrogen and oxygen atoms in total.